The monoisotopic (exact) mass is 474 g/mol. The van der Waals surface area contributed by atoms with Gasteiger partial charge in [-0.05, 0) is 36.8 Å². The van der Waals surface area contributed by atoms with E-state index in [4.69, 9.17) is 16.3 Å². The Bertz CT molecular complexity index is 1200. The van der Waals surface area contributed by atoms with Gasteiger partial charge in [-0.3, -0.25) is 0 Å². The lowest BCUT2D eigenvalue weighted by atomic mass is 10.2. The van der Waals surface area contributed by atoms with Gasteiger partial charge in [-0.25, -0.2) is 13.4 Å². The van der Waals surface area contributed by atoms with Gasteiger partial charge in [0.2, 0.25) is 21.7 Å². The zero-order valence-corrected chi connectivity index (χ0v) is 17.2. The van der Waals surface area contributed by atoms with Crippen LogP contribution < -0.4 is 4.74 Å². The Morgan fingerprint density at radius 1 is 1.23 bits per heavy atom. The van der Waals surface area contributed by atoms with Gasteiger partial charge >= 0.3 is 12.1 Å². The van der Waals surface area contributed by atoms with Crippen molar-refractivity contribution < 1.29 is 30.8 Å². The Hall–Kier alpha value is -2.70. The van der Waals surface area contributed by atoms with Gasteiger partial charge in [0.25, 0.3) is 0 Å². The quantitative estimate of drug-likeness (QED) is 0.556. The first-order chi connectivity index (χ1) is 14.6. The van der Waals surface area contributed by atoms with Gasteiger partial charge < -0.3 is 9.26 Å². The summed E-state index contributed by atoms with van der Waals surface area (Å²) >= 11 is 5.89. The molecule has 1 aliphatic rings. The normalized spacial score (nSPS) is 17.7. The number of halogens is 4. The number of hydrogen-bond donors (Lipinski definition) is 0. The number of sulfonamides is 1. The summed E-state index contributed by atoms with van der Waals surface area (Å²) in [5.74, 6) is -1.85. The van der Waals surface area contributed by atoms with E-state index in [0.29, 0.717) is 11.4 Å². The number of benzene rings is 1. The fraction of sp³-hybridized carbons (Fsp3) is 0.278. The van der Waals surface area contributed by atoms with E-state index in [1.165, 1.54) is 34.8 Å². The summed E-state index contributed by atoms with van der Waals surface area (Å²) in [4.78, 5) is 7.44. The minimum atomic E-state index is -4.78. The van der Waals surface area contributed by atoms with Crippen LogP contribution in [0, 0.1) is 0 Å². The fourth-order valence-electron chi connectivity index (χ4n) is 3.05. The molecule has 4 rings (SSSR count). The third-order valence-electron chi connectivity index (χ3n) is 4.50. The van der Waals surface area contributed by atoms with E-state index < -0.39 is 28.2 Å². The Kier molecular flexibility index (Phi) is 5.62. The molecule has 0 amide bonds. The Morgan fingerprint density at radius 3 is 2.74 bits per heavy atom. The van der Waals surface area contributed by atoms with Gasteiger partial charge in [0.1, 0.15) is 6.10 Å². The maximum Gasteiger partial charge on any atom is 0.471 e. The summed E-state index contributed by atoms with van der Waals surface area (Å²) in [5.41, 5.74) is 0.0953. The lowest BCUT2D eigenvalue weighted by Gasteiger charge is -2.17. The van der Waals surface area contributed by atoms with Crippen LogP contribution in [0.15, 0.2) is 52.0 Å². The highest BCUT2D eigenvalue weighted by Gasteiger charge is 2.39. The molecule has 0 aliphatic carbocycles. The molecule has 1 fully saturated rings. The van der Waals surface area contributed by atoms with Gasteiger partial charge in [-0.15, -0.1) is 0 Å². The van der Waals surface area contributed by atoms with Crippen molar-refractivity contribution >= 4 is 21.6 Å². The van der Waals surface area contributed by atoms with E-state index in [-0.39, 0.29) is 35.3 Å². The lowest BCUT2D eigenvalue weighted by molar-refractivity contribution is -0.159. The van der Waals surface area contributed by atoms with Crippen molar-refractivity contribution in [3.8, 4) is 17.3 Å². The van der Waals surface area contributed by atoms with Crippen molar-refractivity contribution in [2.45, 2.75) is 23.6 Å². The molecule has 0 bridgehead atoms. The van der Waals surface area contributed by atoms with E-state index in [1.54, 1.807) is 12.1 Å². The molecule has 3 aromatic rings. The van der Waals surface area contributed by atoms with Gasteiger partial charge in [0.15, 0.2) is 0 Å². The number of ether oxygens (including phenoxy) is 1. The van der Waals surface area contributed by atoms with E-state index in [1.807, 2.05) is 0 Å². The topological polar surface area (TPSA) is 98.4 Å². The predicted molar refractivity (Wildman–Crippen MR) is 102 cm³/mol. The van der Waals surface area contributed by atoms with Crippen LogP contribution in [0.25, 0.3) is 11.4 Å². The van der Waals surface area contributed by atoms with Crippen molar-refractivity contribution in [3.63, 3.8) is 0 Å². The van der Waals surface area contributed by atoms with Crippen LogP contribution >= 0.6 is 11.6 Å². The van der Waals surface area contributed by atoms with E-state index in [2.05, 4.69) is 19.6 Å². The smallest absolute Gasteiger partial charge is 0.471 e. The van der Waals surface area contributed by atoms with Crippen LogP contribution in [-0.4, -0.2) is 47.0 Å². The first kappa shape index (κ1) is 21.5. The van der Waals surface area contributed by atoms with Crippen molar-refractivity contribution in [3.05, 3.63) is 53.5 Å². The molecule has 8 nitrogen and oxygen atoms in total. The predicted octanol–water partition coefficient (Wildman–Crippen LogP) is 3.65. The van der Waals surface area contributed by atoms with Crippen LogP contribution in [0.1, 0.15) is 12.3 Å². The number of rotatable bonds is 5. The number of nitrogens with zero attached hydrogens (tertiary/aromatic N) is 4. The number of aromatic nitrogens is 3. The SMILES string of the molecule is O=S(=O)(c1cccc(Cl)c1)N1CCC(Oc2ncccc2-c2noc(C(F)(F)F)n2)C1. The van der Waals surface area contributed by atoms with E-state index in [9.17, 15) is 21.6 Å². The summed E-state index contributed by atoms with van der Waals surface area (Å²) in [6.07, 6.45) is -3.61. The van der Waals surface area contributed by atoms with Gasteiger partial charge in [-0.2, -0.15) is 22.5 Å². The highest BCUT2D eigenvalue weighted by molar-refractivity contribution is 7.89. The van der Waals surface area contributed by atoms with Crippen molar-refractivity contribution in [1.29, 1.82) is 0 Å². The van der Waals surface area contributed by atoms with Crippen molar-refractivity contribution in [2.75, 3.05) is 13.1 Å². The summed E-state index contributed by atoms with van der Waals surface area (Å²) in [5, 5.41) is 3.64. The van der Waals surface area contributed by atoms with Crippen LogP contribution in [0.4, 0.5) is 13.2 Å². The average Bonchev–Trinajstić information content (AvgIpc) is 3.38. The molecular weight excluding hydrogens is 461 g/mol. The fourth-order valence-corrected chi connectivity index (χ4v) is 4.84. The van der Waals surface area contributed by atoms with Crippen LogP contribution in [0.3, 0.4) is 0 Å². The van der Waals surface area contributed by atoms with E-state index in [0.717, 1.165) is 0 Å². The second kappa shape index (κ2) is 8.09. The molecule has 0 N–H and O–H groups in total. The molecule has 0 radical (unpaired) electrons. The average molecular weight is 475 g/mol. The lowest BCUT2D eigenvalue weighted by Crippen LogP contribution is -2.31. The Labute approximate surface area is 179 Å². The zero-order valence-electron chi connectivity index (χ0n) is 15.6. The summed E-state index contributed by atoms with van der Waals surface area (Å²) in [6.45, 7) is 0.229. The zero-order chi connectivity index (χ0) is 22.2. The molecule has 13 heteroatoms. The largest absolute Gasteiger partial charge is 0.472 e. The molecule has 1 atom stereocenters. The van der Waals surface area contributed by atoms with Crippen molar-refractivity contribution in [2.24, 2.45) is 0 Å². The summed E-state index contributed by atoms with van der Waals surface area (Å²) in [7, 11) is -3.78. The molecule has 31 heavy (non-hydrogen) atoms. The number of pyridine rings is 1. The highest BCUT2D eigenvalue weighted by Crippen LogP contribution is 2.33. The maximum atomic E-state index is 12.8. The molecular formula is C18H14ClF3N4O4S. The maximum absolute atomic E-state index is 12.8. The van der Waals surface area contributed by atoms with Gasteiger partial charge in [0, 0.05) is 17.8 Å². The summed E-state index contributed by atoms with van der Waals surface area (Å²) < 4.78 is 75.2. The second-order valence-electron chi connectivity index (χ2n) is 6.63. The van der Waals surface area contributed by atoms with Crippen LogP contribution in [0.5, 0.6) is 5.88 Å². The minimum Gasteiger partial charge on any atom is -0.472 e. The first-order valence-corrected chi connectivity index (χ1v) is 10.7. The molecule has 1 aliphatic heterocycles. The molecule has 0 saturated carbocycles. The van der Waals surface area contributed by atoms with E-state index >= 15 is 0 Å². The first-order valence-electron chi connectivity index (χ1n) is 8.93. The Morgan fingerprint density at radius 2 is 2.03 bits per heavy atom. The summed E-state index contributed by atoms with van der Waals surface area (Å²) in [6, 6.07) is 8.83. The molecule has 2 aromatic heterocycles. The minimum absolute atomic E-state index is 0.0240. The standard InChI is InChI=1S/C18H14ClF3N4O4S/c19-11-3-1-4-13(9-11)31(27,28)26-8-6-12(10-26)29-16-14(5-2-7-23-16)15-24-17(30-25-15)18(20,21)22/h1-5,7,9,12H,6,8,10H2. The van der Waals surface area contributed by atoms with Crippen LogP contribution in [-0.2, 0) is 16.2 Å². The van der Waals surface area contributed by atoms with Crippen molar-refractivity contribution in [1.82, 2.24) is 19.4 Å². The molecule has 1 aromatic carbocycles. The molecule has 0 spiro atoms. The van der Waals surface area contributed by atoms with Gasteiger partial charge in [0.05, 0.1) is 17.0 Å². The second-order valence-corrected chi connectivity index (χ2v) is 9.00. The molecule has 1 saturated heterocycles. The molecule has 1 unspecified atom stereocenters. The number of hydrogen-bond acceptors (Lipinski definition) is 7. The highest BCUT2D eigenvalue weighted by atomic mass is 35.5. The third-order valence-corrected chi connectivity index (χ3v) is 6.60. The molecule has 3 heterocycles. The van der Waals surface area contributed by atoms with Crippen LogP contribution in [0.2, 0.25) is 5.02 Å². The molecule has 164 valence electrons. The Balaban J connectivity index is 1.52. The van der Waals surface area contributed by atoms with Gasteiger partial charge in [-0.1, -0.05) is 22.8 Å². The number of alkyl halides is 3. The third kappa shape index (κ3) is 4.50.